The number of pyridine rings is 2. The highest BCUT2D eigenvalue weighted by Gasteiger charge is 2.35. The lowest BCUT2D eigenvalue weighted by Gasteiger charge is -2.23. The number of fused-ring (bicyclic) bond motifs is 2. The second kappa shape index (κ2) is 7.47. The molecule has 142 valence electrons. The summed E-state index contributed by atoms with van der Waals surface area (Å²) in [5.74, 6) is -0.777. The van der Waals surface area contributed by atoms with Crippen molar-refractivity contribution in [2.75, 3.05) is 0 Å². The summed E-state index contributed by atoms with van der Waals surface area (Å²) in [4.78, 5) is 53.1. The molecule has 2 aromatic heterocycles. The maximum absolute atomic E-state index is 13.1. The minimum atomic E-state index is -0.463. The normalized spacial score (nSPS) is 12.9. The first-order chi connectivity index (χ1) is 12.9. The summed E-state index contributed by atoms with van der Waals surface area (Å²) < 4.78 is 1.40. The van der Waals surface area contributed by atoms with E-state index >= 15 is 0 Å². The van der Waals surface area contributed by atoms with Crippen molar-refractivity contribution in [1.29, 1.82) is 0 Å². The van der Waals surface area contributed by atoms with Crippen molar-refractivity contribution < 1.29 is 9.59 Å². The third-order valence-electron chi connectivity index (χ3n) is 5.13. The Morgan fingerprint density at radius 2 is 1.52 bits per heavy atom. The first-order valence-electron chi connectivity index (χ1n) is 9.44. The largest absolute Gasteiger partial charge is 0.318 e. The number of H-pyrrole nitrogens is 1. The zero-order chi connectivity index (χ0) is 19.7. The van der Waals surface area contributed by atoms with Crippen LogP contribution in [0, 0.1) is 13.8 Å². The quantitative estimate of drug-likeness (QED) is 0.678. The number of hydrogen-bond acceptors (Lipinski definition) is 4. The lowest BCUT2D eigenvalue weighted by atomic mass is 9.85. The minimum Gasteiger partial charge on any atom is -0.318 e. The molecule has 0 fully saturated rings. The summed E-state index contributed by atoms with van der Waals surface area (Å²) in [6, 6.07) is 2.73. The Morgan fingerprint density at radius 1 is 0.852 bits per heavy atom. The van der Waals surface area contributed by atoms with Crippen LogP contribution in [0.15, 0.2) is 21.7 Å². The Balaban J connectivity index is 2.11. The Bertz CT molecular complexity index is 1040. The van der Waals surface area contributed by atoms with Gasteiger partial charge in [0.15, 0.2) is 5.78 Å². The zero-order valence-electron chi connectivity index (χ0n) is 16.0. The number of rotatable bonds is 6. The number of aromatic nitrogens is 2. The van der Waals surface area contributed by atoms with Gasteiger partial charge < -0.3 is 9.55 Å². The van der Waals surface area contributed by atoms with E-state index in [1.54, 1.807) is 13.8 Å². The molecular weight excluding hydrogens is 344 g/mol. The fraction of sp³-hybridized carbons (Fsp3) is 0.429. The van der Waals surface area contributed by atoms with Crippen LogP contribution in [0.1, 0.15) is 82.3 Å². The van der Waals surface area contributed by atoms with Gasteiger partial charge in [-0.05, 0) is 31.4 Å². The number of nitrogens with one attached hydrogen (secondary N) is 1. The van der Waals surface area contributed by atoms with Gasteiger partial charge >= 0.3 is 0 Å². The van der Waals surface area contributed by atoms with E-state index in [1.807, 2.05) is 0 Å². The highest BCUT2D eigenvalue weighted by molar-refractivity contribution is 6.27. The molecule has 0 atom stereocenters. The fourth-order valence-corrected chi connectivity index (χ4v) is 3.78. The summed E-state index contributed by atoms with van der Waals surface area (Å²) in [5, 5.41) is 0. The minimum absolute atomic E-state index is 0.0118. The smallest absolute Gasteiger partial charge is 0.251 e. The molecule has 0 spiro atoms. The second-order valence-corrected chi connectivity index (χ2v) is 7.18. The van der Waals surface area contributed by atoms with Gasteiger partial charge in [0, 0.05) is 18.7 Å². The van der Waals surface area contributed by atoms with Gasteiger partial charge in [0.1, 0.15) is 11.4 Å². The zero-order valence-corrected chi connectivity index (χ0v) is 16.0. The van der Waals surface area contributed by atoms with Crippen LogP contribution >= 0.6 is 0 Å². The molecule has 0 unspecified atom stereocenters. The number of nitrogens with zero attached hydrogens (tertiary/aromatic N) is 1. The third kappa shape index (κ3) is 3.31. The molecule has 0 saturated heterocycles. The molecule has 2 heterocycles. The van der Waals surface area contributed by atoms with Crippen LogP contribution < -0.4 is 11.1 Å². The molecule has 0 aliphatic heterocycles. The van der Waals surface area contributed by atoms with Crippen molar-refractivity contribution >= 4 is 11.6 Å². The summed E-state index contributed by atoms with van der Waals surface area (Å²) >= 11 is 0. The van der Waals surface area contributed by atoms with Gasteiger partial charge in [0.25, 0.3) is 5.56 Å². The molecule has 1 N–H and O–H groups in total. The molecule has 2 aromatic rings. The number of aromatic amines is 1. The maximum Gasteiger partial charge on any atom is 0.251 e. The van der Waals surface area contributed by atoms with Crippen molar-refractivity contribution in [2.45, 2.75) is 59.4 Å². The highest BCUT2D eigenvalue weighted by atomic mass is 16.2. The summed E-state index contributed by atoms with van der Waals surface area (Å²) in [6.07, 6.45) is 5.04. The van der Waals surface area contributed by atoms with Crippen LogP contribution in [0.4, 0.5) is 0 Å². The van der Waals surface area contributed by atoms with Gasteiger partial charge in [-0.1, -0.05) is 32.6 Å². The molecule has 27 heavy (non-hydrogen) atoms. The van der Waals surface area contributed by atoms with Crippen molar-refractivity contribution in [3.8, 4) is 0 Å². The summed E-state index contributed by atoms with van der Waals surface area (Å²) in [6.45, 7) is 5.83. The van der Waals surface area contributed by atoms with E-state index in [0.29, 0.717) is 17.7 Å². The molecule has 6 heteroatoms. The Kier molecular flexibility index (Phi) is 5.26. The Labute approximate surface area is 157 Å². The first kappa shape index (κ1) is 19.0. The Hall–Kier alpha value is -2.76. The number of aryl methyl sites for hydroxylation is 2. The average molecular weight is 368 g/mol. The summed E-state index contributed by atoms with van der Waals surface area (Å²) in [7, 11) is 0. The SMILES string of the molecule is CCCCCCCn1c2c(c(C)cc1=O)C(=O)c1c(C)cc(=O)[nH]c1C2=O. The van der Waals surface area contributed by atoms with Crippen molar-refractivity contribution in [3.63, 3.8) is 0 Å². The molecule has 0 amide bonds. The lowest BCUT2D eigenvalue weighted by molar-refractivity contribution is 0.0965. The third-order valence-corrected chi connectivity index (χ3v) is 5.13. The van der Waals surface area contributed by atoms with Gasteiger partial charge in [0.2, 0.25) is 11.3 Å². The van der Waals surface area contributed by atoms with E-state index in [4.69, 9.17) is 0 Å². The van der Waals surface area contributed by atoms with E-state index < -0.39 is 11.3 Å². The van der Waals surface area contributed by atoms with E-state index in [9.17, 15) is 19.2 Å². The van der Waals surface area contributed by atoms with Crippen molar-refractivity contribution in [3.05, 3.63) is 66.5 Å². The monoisotopic (exact) mass is 368 g/mol. The molecular formula is C21H24N2O4. The molecule has 0 aromatic carbocycles. The number of ketones is 2. The standard InChI is InChI=1S/C21H24N2O4/c1-4-5-6-7-8-9-23-15(25)11-13(3)17-19(23)21(27)18-16(20(17)26)12(2)10-14(24)22-18/h10-11H,4-9H2,1-3H3,(H,22,24). The van der Waals surface area contributed by atoms with Gasteiger partial charge in [-0.3, -0.25) is 19.2 Å². The van der Waals surface area contributed by atoms with E-state index in [1.165, 1.54) is 16.7 Å². The Morgan fingerprint density at radius 3 is 2.22 bits per heavy atom. The predicted octanol–water partition coefficient (Wildman–Crippen LogP) is 2.90. The molecule has 1 aliphatic rings. The second-order valence-electron chi connectivity index (χ2n) is 7.18. The first-order valence-corrected chi connectivity index (χ1v) is 9.44. The highest BCUT2D eigenvalue weighted by Crippen LogP contribution is 2.28. The fourth-order valence-electron chi connectivity index (χ4n) is 3.78. The summed E-state index contributed by atoms with van der Waals surface area (Å²) in [5.41, 5.74) is 0.829. The molecule has 0 bridgehead atoms. The van der Waals surface area contributed by atoms with Crippen molar-refractivity contribution in [1.82, 2.24) is 9.55 Å². The van der Waals surface area contributed by atoms with E-state index in [2.05, 4.69) is 11.9 Å². The van der Waals surface area contributed by atoms with Gasteiger partial charge in [-0.25, -0.2) is 0 Å². The molecule has 0 radical (unpaired) electrons. The van der Waals surface area contributed by atoms with Gasteiger partial charge in [-0.15, -0.1) is 0 Å². The molecule has 0 saturated carbocycles. The van der Waals surface area contributed by atoms with Crippen LogP contribution in [-0.4, -0.2) is 21.1 Å². The van der Waals surface area contributed by atoms with E-state index in [-0.39, 0.29) is 33.9 Å². The maximum atomic E-state index is 13.1. The lowest BCUT2D eigenvalue weighted by Crippen LogP contribution is -2.35. The van der Waals surface area contributed by atoms with Crippen LogP contribution in [0.3, 0.4) is 0 Å². The molecule has 3 rings (SSSR count). The predicted molar refractivity (Wildman–Crippen MR) is 103 cm³/mol. The van der Waals surface area contributed by atoms with Gasteiger partial charge in [-0.2, -0.15) is 0 Å². The van der Waals surface area contributed by atoms with Crippen molar-refractivity contribution in [2.24, 2.45) is 0 Å². The van der Waals surface area contributed by atoms with E-state index in [0.717, 1.165) is 32.1 Å². The average Bonchev–Trinajstić information content (AvgIpc) is 2.60. The van der Waals surface area contributed by atoms with Gasteiger partial charge in [0.05, 0.1) is 11.1 Å². The van der Waals surface area contributed by atoms with Crippen LogP contribution in [0.25, 0.3) is 0 Å². The molecule has 1 aliphatic carbocycles. The number of hydrogen-bond donors (Lipinski definition) is 1. The van der Waals surface area contributed by atoms with Crippen LogP contribution in [0.2, 0.25) is 0 Å². The molecule has 6 nitrogen and oxygen atoms in total. The number of carbonyl (C=O) groups excluding carboxylic acids is 2. The van der Waals surface area contributed by atoms with Crippen LogP contribution in [-0.2, 0) is 6.54 Å². The number of carbonyl (C=O) groups is 2. The van der Waals surface area contributed by atoms with Crippen LogP contribution in [0.5, 0.6) is 0 Å². The number of unbranched alkanes of at least 4 members (excludes halogenated alkanes) is 4. The topological polar surface area (TPSA) is 89.0 Å².